The average molecular weight is 465 g/mol. The summed E-state index contributed by atoms with van der Waals surface area (Å²) >= 11 is 0. The highest BCUT2D eigenvalue weighted by Crippen LogP contribution is 2.18. The van der Waals surface area contributed by atoms with E-state index in [1.54, 1.807) is 6.20 Å². The molecule has 0 spiro atoms. The van der Waals surface area contributed by atoms with Crippen LogP contribution < -0.4 is 10.0 Å². The number of nitrogens with zero attached hydrogens (tertiary/aromatic N) is 2. The molecule has 0 atom stereocenters. The van der Waals surface area contributed by atoms with Crippen molar-refractivity contribution in [2.24, 2.45) is 0 Å². The highest BCUT2D eigenvalue weighted by Gasteiger charge is 2.15. The molecule has 0 aliphatic carbocycles. The molecule has 0 unspecified atom stereocenters. The maximum atomic E-state index is 13.0. The van der Waals surface area contributed by atoms with E-state index < -0.39 is 15.8 Å². The molecular formula is C24H21FN4O3S. The first-order valence-electron chi connectivity index (χ1n) is 10.1. The number of aryl methyl sites for hydroxylation is 1. The van der Waals surface area contributed by atoms with Crippen LogP contribution in [0.25, 0.3) is 0 Å². The number of nitrogens with one attached hydrogen (secondary N) is 2. The van der Waals surface area contributed by atoms with Crippen molar-refractivity contribution in [1.82, 2.24) is 9.55 Å². The van der Waals surface area contributed by atoms with Gasteiger partial charge in [-0.15, -0.1) is 0 Å². The maximum Gasteiger partial charge on any atom is 0.261 e. The van der Waals surface area contributed by atoms with Gasteiger partial charge in [0.05, 0.1) is 4.90 Å². The van der Waals surface area contributed by atoms with E-state index >= 15 is 0 Å². The Morgan fingerprint density at radius 2 is 1.58 bits per heavy atom. The van der Waals surface area contributed by atoms with Gasteiger partial charge in [-0.2, -0.15) is 0 Å². The summed E-state index contributed by atoms with van der Waals surface area (Å²) in [5, 5.41) is 2.82. The summed E-state index contributed by atoms with van der Waals surface area (Å²) in [5.74, 6) is 0.0872. The Hall–Kier alpha value is -3.98. The molecule has 0 aliphatic rings. The van der Waals surface area contributed by atoms with Crippen LogP contribution in [0, 0.1) is 12.7 Å². The molecule has 0 fully saturated rings. The molecule has 1 amide bonds. The fourth-order valence-electron chi connectivity index (χ4n) is 3.18. The minimum Gasteiger partial charge on any atom is -0.331 e. The van der Waals surface area contributed by atoms with Crippen LogP contribution in [0.1, 0.15) is 21.7 Å². The van der Waals surface area contributed by atoms with E-state index in [2.05, 4.69) is 15.0 Å². The van der Waals surface area contributed by atoms with Gasteiger partial charge in [0.15, 0.2) is 0 Å². The Balaban J connectivity index is 1.38. The molecule has 9 heteroatoms. The predicted molar refractivity (Wildman–Crippen MR) is 124 cm³/mol. The SMILES string of the molecule is Cc1nccn1Cc1ccc(NC(=O)c2ccc(NS(=O)(=O)c3ccc(F)cc3)cc2)cc1. The number of hydrogen-bond acceptors (Lipinski definition) is 4. The molecule has 168 valence electrons. The smallest absolute Gasteiger partial charge is 0.261 e. The van der Waals surface area contributed by atoms with Crippen molar-refractivity contribution >= 4 is 27.3 Å². The number of halogens is 1. The number of benzene rings is 3. The second kappa shape index (κ2) is 9.25. The lowest BCUT2D eigenvalue weighted by Crippen LogP contribution is -2.14. The summed E-state index contributed by atoms with van der Waals surface area (Å²) in [6.45, 7) is 2.63. The van der Waals surface area contributed by atoms with Crippen LogP contribution in [-0.4, -0.2) is 23.9 Å². The van der Waals surface area contributed by atoms with Crippen LogP contribution in [-0.2, 0) is 16.6 Å². The van der Waals surface area contributed by atoms with Crippen molar-refractivity contribution in [3.63, 3.8) is 0 Å². The molecule has 0 saturated heterocycles. The van der Waals surface area contributed by atoms with E-state index in [1.165, 1.54) is 36.4 Å². The highest BCUT2D eigenvalue weighted by atomic mass is 32.2. The monoisotopic (exact) mass is 464 g/mol. The fourth-order valence-corrected chi connectivity index (χ4v) is 4.24. The average Bonchev–Trinajstić information content (AvgIpc) is 3.20. The molecule has 1 aromatic heterocycles. The molecule has 0 bridgehead atoms. The van der Waals surface area contributed by atoms with Crippen molar-refractivity contribution in [2.45, 2.75) is 18.4 Å². The van der Waals surface area contributed by atoms with Crippen molar-refractivity contribution in [3.8, 4) is 0 Å². The zero-order chi connectivity index (χ0) is 23.4. The van der Waals surface area contributed by atoms with Gasteiger partial charge in [0.25, 0.3) is 15.9 Å². The van der Waals surface area contributed by atoms with Gasteiger partial charge in [0.1, 0.15) is 11.6 Å². The summed E-state index contributed by atoms with van der Waals surface area (Å²) in [4.78, 5) is 16.7. The molecule has 0 aliphatic heterocycles. The summed E-state index contributed by atoms with van der Waals surface area (Å²) < 4.78 is 42.3. The van der Waals surface area contributed by atoms with Gasteiger partial charge in [0, 0.05) is 35.9 Å². The molecule has 0 saturated carbocycles. The number of sulfonamides is 1. The fraction of sp³-hybridized carbons (Fsp3) is 0.0833. The molecule has 7 nitrogen and oxygen atoms in total. The normalized spacial score (nSPS) is 11.2. The van der Waals surface area contributed by atoms with E-state index in [1.807, 2.05) is 42.0 Å². The van der Waals surface area contributed by atoms with E-state index in [4.69, 9.17) is 0 Å². The van der Waals surface area contributed by atoms with Crippen molar-refractivity contribution in [3.05, 3.63) is 108 Å². The number of imidazole rings is 1. The van der Waals surface area contributed by atoms with Gasteiger partial charge in [-0.05, 0) is 73.2 Å². The third-order valence-electron chi connectivity index (χ3n) is 5.01. The Morgan fingerprint density at radius 3 is 2.18 bits per heavy atom. The van der Waals surface area contributed by atoms with Crippen LogP contribution in [0.2, 0.25) is 0 Å². The summed E-state index contributed by atoms with van der Waals surface area (Å²) in [7, 11) is -3.86. The maximum absolute atomic E-state index is 13.0. The molecule has 3 aromatic carbocycles. The largest absolute Gasteiger partial charge is 0.331 e. The first-order chi connectivity index (χ1) is 15.8. The van der Waals surface area contributed by atoms with Crippen LogP contribution in [0.4, 0.5) is 15.8 Å². The Labute approximate surface area is 191 Å². The molecule has 33 heavy (non-hydrogen) atoms. The van der Waals surface area contributed by atoms with E-state index in [9.17, 15) is 17.6 Å². The standard InChI is InChI=1S/C24H21FN4O3S/c1-17-26-14-15-29(17)16-18-2-8-21(9-3-18)27-24(30)19-4-10-22(11-5-19)28-33(31,32)23-12-6-20(25)7-13-23/h2-15,28H,16H2,1H3,(H,27,30). The minimum atomic E-state index is -3.86. The molecular weight excluding hydrogens is 443 g/mol. The zero-order valence-corrected chi connectivity index (χ0v) is 18.5. The quantitative estimate of drug-likeness (QED) is 0.423. The summed E-state index contributed by atoms with van der Waals surface area (Å²) in [5.41, 5.74) is 2.38. The van der Waals surface area contributed by atoms with Gasteiger partial charge >= 0.3 is 0 Å². The van der Waals surface area contributed by atoms with E-state index in [-0.39, 0.29) is 16.5 Å². The topological polar surface area (TPSA) is 93.1 Å². The molecule has 4 rings (SSSR count). The summed E-state index contributed by atoms with van der Waals surface area (Å²) in [6, 6.07) is 18.1. The lowest BCUT2D eigenvalue weighted by atomic mass is 10.1. The minimum absolute atomic E-state index is 0.0580. The van der Waals surface area contributed by atoms with Crippen LogP contribution >= 0.6 is 0 Å². The number of amides is 1. The van der Waals surface area contributed by atoms with Gasteiger partial charge in [0.2, 0.25) is 0 Å². The Morgan fingerprint density at radius 1 is 0.939 bits per heavy atom. The second-order valence-corrected chi connectivity index (χ2v) is 9.07. The lowest BCUT2D eigenvalue weighted by Gasteiger charge is -2.10. The second-order valence-electron chi connectivity index (χ2n) is 7.39. The summed E-state index contributed by atoms with van der Waals surface area (Å²) in [6.07, 6.45) is 3.66. The lowest BCUT2D eigenvalue weighted by molar-refractivity contribution is 0.102. The molecule has 2 N–H and O–H groups in total. The number of hydrogen-bond donors (Lipinski definition) is 2. The molecule has 1 heterocycles. The van der Waals surface area contributed by atoms with Crippen molar-refractivity contribution < 1.29 is 17.6 Å². The van der Waals surface area contributed by atoms with Crippen LogP contribution in [0.3, 0.4) is 0 Å². The third kappa shape index (κ3) is 5.45. The third-order valence-corrected chi connectivity index (χ3v) is 6.41. The molecule has 0 radical (unpaired) electrons. The van der Waals surface area contributed by atoms with Gasteiger partial charge < -0.3 is 9.88 Å². The Bertz CT molecular complexity index is 1360. The Kier molecular flexibility index (Phi) is 6.23. The van der Waals surface area contributed by atoms with Gasteiger partial charge in [-0.3, -0.25) is 9.52 Å². The van der Waals surface area contributed by atoms with Crippen LogP contribution in [0.15, 0.2) is 90.1 Å². The molecule has 4 aromatic rings. The number of anilines is 2. The number of carbonyl (C=O) groups excluding carboxylic acids is 1. The van der Waals surface area contributed by atoms with Crippen molar-refractivity contribution in [2.75, 3.05) is 10.0 Å². The van der Waals surface area contributed by atoms with E-state index in [0.717, 1.165) is 23.5 Å². The van der Waals surface area contributed by atoms with Crippen molar-refractivity contribution in [1.29, 1.82) is 0 Å². The highest BCUT2D eigenvalue weighted by molar-refractivity contribution is 7.92. The number of rotatable bonds is 7. The van der Waals surface area contributed by atoms with Crippen LogP contribution in [0.5, 0.6) is 0 Å². The predicted octanol–water partition coefficient (Wildman–Crippen LogP) is 4.43. The first-order valence-corrected chi connectivity index (χ1v) is 11.5. The number of aromatic nitrogens is 2. The van der Waals surface area contributed by atoms with E-state index in [0.29, 0.717) is 17.8 Å². The zero-order valence-electron chi connectivity index (χ0n) is 17.7. The first kappa shape index (κ1) is 22.2. The van der Waals surface area contributed by atoms with Gasteiger partial charge in [-0.25, -0.2) is 17.8 Å². The number of carbonyl (C=O) groups is 1. The van der Waals surface area contributed by atoms with Gasteiger partial charge in [-0.1, -0.05) is 12.1 Å².